The minimum atomic E-state index is -0.0613. The molecule has 0 aliphatic heterocycles. The Morgan fingerprint density at radius 1 is 1.24 bits per heavy atom. The van der Waals surface area contributed by atoms with E-state index in [-0.39, 0.29) is 5.91 Å². The quantitative estimate of drug-likeness (QED) is 0.804. The lowest BCUT2D eigenvalue weighted by Crippen LogP contribution is -2.24. The van der Waals surface area contributed by atoms with Gasteiger partial charge in [-0.05, 0) is 29.3 Å². The third kappa shape index (κ3) is 3.23. The summed E-state index contributed by atoms with van der Waals surface area (Å²) in [6.07, 6.45) is 1.69. The second-order valence-electron chi connectivity index (χ2n) is 4.70. The number of halogens is 1. The molecule has 0 bridgehead atoms. The topological polar surface area (TPSA) is 55.1 Å². The largest absolute Gasteiger partial charge is 0.443 e. The van der Waals surface area contributed by atoms with Crippen molar-refractivity contribution in [3.05, 3.63) is 65.0 Å². The van der Waals surface area contributed by atoms with Crippen LogP contribution in [0.5, 0.6) is 0 Å². The van der Waals surface area contributed by atoms with Gasteiger partial charge >= 0.3 is 0 Å². The molecular formula is C16H13ClN2O2. The van der Waals surface area contributed by atoms with Crippen LogP contribution in [0.1, 0.15) is 11.1 Å². The van der Waals surface area contributed by atoms with Crippen LogP contribution in [0.2, 0.25) is 5.02 Å². The molecule has 0 saturated heterocycles. The van der Waals surface area contributed by atoms with E-state index in [1.807, 2.05) is 36.4 Å². The van der Waals surface area contributed by atoms with Gasteiger partial charge in [-0.2, -0.15) is 0 Å². The Kier molecular flexibility index (Phi) is 3.88. The SMILES string of the molecule is O=C(Cc1ccc2ncoc2c1)NCc1ccccc1Cl. The van der Waals surface area contributed by atoms with Gasteiger partial charge in [-0.3, -0.25) is 4.79 Å². The van der Waals surface area contributed by atoms with Gasteiger partial charge in [-0.25, -0.2) is 4.98 Å². The maximum Gasteiger partial charge on any atom is 0.224 e. The molecule has 0 saturated carbocycles. The summed E-state index contributed by atoms with van der Waals surface area (Å²) in [5, 5.41) is 3.51. The van der Waals surface area contributed by atoms with E-state index in [0.717, 1.165) is 16.6 Å². The summed E-state index contributed by atoms with van der Waals surface area (Å²) in [5.41, 5.74) is 3.26. The van der Waals surface area contributed by atoms with Crippen LogP contribution in [0.25, 0.3) is 11.1 Å². The Balaban J connectivity index is 1.62. The molecule has 1 N–H and O–H groups in total. The van der Waals surface area contributed by atoms with Gasteiger partial charge in [0.1, 0.15) is 5.52 Å². The molecule has 106 valence electrons. The van der Waals surface area contributed by atoms with Crippen LogP contribution in [0, 0.1) is 0 Å². The third-order valence-electron chi connectivity index (χ3n) is 3.19. The highest BCUT2D eigenvalue weighted by Gasteiger charge is 2.07. The van der Waals surface area contributed by atoms with E-state index in [1.54, 1.807) is 6.07 Å². The number of rotatable bonds is 4. The fourth-order valence-electron chi connectivity index (χ4n) is 2.09. The monoisotopic (exact) mass is 300 g/mol. The molecule has 0 spiro atoms. The summed E-state index contributed by atoms with van der Waals surface area (Å²) in [6.45, 7) is 0.420. The summed E-state index contributed by atoms with van der Waals surface area (Å²) < 4.78 is 5.22. The van der Waals surface area contributed by atoms with Crippen LogP contribution in [0.15, 0.2) is 53.3 Å². The molecule has 1 aromatic heterocycles. The first-order chi connectivity index (χ1) is 10.2. The van der Waals surface area contributed by atoms with Crippen LogP contribution in [-0.4, -0.2) is 10.9 Å². The van der Waals surface area contributed by atoms with Gasteiger partial charge in [0.15, 0.2) is 12.0 Å². The Bertz CT molecular complexity index is 783. The first kappa shape index (κ1) is 13.6. The smallest absolute Gasteiger partial charge is 0.224 e. The van der Waals surface area contributed by atoms with Crippen molar-refractivity contribution in [1.29, 1.82) is 0 Å². The van der Waals surface area contributed by atoms with Crippen LogP contribution in [-0.2, 0) is 17.8 Å². The molecule has 2 aromatic carbocycles. The number of hydrogen-bond donors (Lipinski definition) is 1. The minimum Gasteiger partial charge on any atom is -0.443 e. The van der Waals surface area contributed by atoms with Gasteiger partial charge in [-0.1, -0.05) is 35.9 Å². The molecule has 0 fully saturated rings. The lowest BCUT2D eigenvalue weighted by atomic mass is 10.1. The number of fused-ring (bicyclic) bond motifs is 1. The first-order valence-corrected chi connectivity index (χ1v) is 6.92. The van der Waals surface area contributed by atoms with Crippen molar-refractivity contribution in [3.8, 4) is 0 Å². The van der Waals surface area contributed by atoms with Crippen molar-refractivity contribution < 1.29 is 9.21 Å². The first-order valence-electron chi connectivity index (χ1n) is 6.54. The molecule has 0 aliphatic rings. The lowest BCUT2D eigenvalue weighted by molar-refractivity contribution is -0.120. The van der Waals surface area contributed by atoms with E-state index in [2.05, 4.69) is 10.3 Å². The van der Waals surface area contributed by atoms with Crippen molar-refractivity contribution in [3.63, 3.8) is 0 Å². The van der Waals surface area contributed by atoms with E-state index in [1.165, 1.54) is 6.39 Å². The Labute approximate surface area is 126 Å². The molecule has 0 aliphatic carbocycles. The molecule has 0 atom stereocenters. The van der Waals surface area contributed by atoms with Crippen molar-refractivity contribution in [2.24, 2.45) is 0 Å². The summed E-state index contributed by atoms with van der Waals surface area (Å²) >= 11 is 6.05. The highest BCUT2D eigenvalue weighted by Crippen LogP contribution is 2.16. The van der Waals surface area contributed by atoms with Gasteiger partial charge in [-0.15, -0.1) is 0 Å². The van der Waals surface area contributed by atoms with Crippen molar-refractivity contribution in [2.75, 3.05) is 0 Å². The third-order valence-corrected chi connectivity index (χ3v) is 3.56. The normalized spacial score (nSPS) is 10.7. The van der Waals surface area contributed by atoms with Gasteiger partial charge in [0.2, 0.25) is 5.91 Å². The molecule has 21 heavy (non-hydrogen) atoms. The fraction of sp³-hybridized carbons (Fsp3) is 0.125. The van der Waals surface area contributed by atoms with Crippen LogP contribution < -0.4 is 5.32 Å². The molecule has 1 heterocycles. The highest BCUT2D eigenvalue weighted by molar-refractivity contribution is 6.31. The van der Waals surface area contributed by atoms with Crippen molar-refractivity contribution in [2.45, 2.75) is 13.0 Å². The van der Waals surface area contributed by atoms with E-state index in [4.69, 9.17) is 16.0 Å². The van der Waals surface area contributed by atoms with Crippen molar-refractivity contribution in [1.82, 2.24) is 10.3 Å². The fourth-order valence-corrected chi connectivity index (χ4v) is 2.30. The number of nitrogens with one attached hydrogen (secondary N) is 1. The predicted octanol–water partition coefficient (Wildman–Crippen LogP) is 3.34. The van der Waals surface area contributed by atoms with E-state index < -0.39 is 0 Å². The zero-order valence-corrected chi connectivity index (χ0v) is 11.9. The average Bonchev–Trinajstić information content (AvgIpc) is 2.94. The number of carbonyl (C=O) groups excluding carboxylic acids is 1. The second-order valence-corrected chi connectivity index (χ2v) is 5.11. The summed E-state index contributed by atoms with van der Waals surface area (Å²) in [6, 6.07) is 13.0. The number of carbonyl (C=O) groups is 1. The maximum absolute atomic E-state index is 12.0. The van der Waals surface area contributed by atoms with Crippen LogP contribution in [0.3, 0.4) is 0 Å². The van der Waals surface area contributed by atoms with E-state index >= 15 is 0 Å². The van der Waals surface area contributed by atoms with Gasteiger partial charge < -0.3 is 9.73 Å². The van der Waals surface area contributed by atoms with Gasteiger partial charge in [0.05, 0.1) is 6.42 Å². The minimum absolute atomic E-state index is 0.0613. The van der Waals surface area contributed by atoms with Crippen molar-refractivity contribution >= 4 is 28.6 Å². The summed E-state index contributed by atoms with van der Waals surface area (Å²) in [5.74, 6) is -0.0613. The Morgan fingerprint density at radius 2 is 2.10 bits per heavy atom. The van der Waals surface area contributed by atoms with Gasteiger partial charge in [0.25, 0.3) is 0 Å². The predicted molar refractivity (Wildman–Crippen MR) is 81.0 cm³/mol. The Morgan fingerprint density at radius 3 is 2.95 bits per heavy atom. The molecule has 3 rings (SSSR count). The van der Waals surface area contributed by atoms with Crippen LogP contribution in [0.4, 0.5) is 0 Å². The van der Waals surface area contributed by atoms with Gasteiger partial charge in [0, 0.05) is 11.6 Å². The molecule has 0 unspecified atom stereocenters. The van der Waals surface area contributed by atoms with Crippen LogP contribution >= 0.6 is 11.6 Å². The highest BCUT2D eigenvalue weighted by atomic mass is 35.5. The zero-order chi connectivity index (χ0) is 14.7. The number of amides is 1. The number of hydrogen-bond acceptors (Lipinski definition) is 3. The molecule has 4 nitrogen and oxygen atoms in total. The maximum atomic E-state index is 12.0. The zero-order valence-electron chi connectivity index (χ0n) is 11.2. The number of benzene rings is 2. The molecule has 3 aromatic rings. The second kappa shape index (κ2) is 5.97. The molecule has 1 amide bonds. The molecule has 5 heteroatoms. The number of oxazole rings is 1. The lowest BCUT2D eigenvalue weighted by Gasteiger charge is -2.07. The summed E-state index contributed by atoms with van der Waals surface area (Å²) in [7, 11) is 0. The van der Waals surface area contributed by atoms with E-state index in [9.17, 15) is 4.79 Å². The summed E-state index contributed by atoms with van der Waals surface area (Å²) in [4.78, 5) is 16.0. The molecular weight excluding hydrogens is 288 g/mol. The molecule has 0 radical (unpaired) electrons. The standard InChI is InChI=1S/C16H13ClN2O2/c17-13-4-2-1-3-12(13)9-18-16(20)8-11-5-6-14-15(7-11)21-10-19-14/h1-7,10H,8-9H2,(H,18,20). The number of nitrogens with zero attached hydrogens (tertiary/aromatic N) is 1. The average molecular weight is 301 g/mol. The number of aromatic nitrogens is 1. The van der Waals surface area contributed by atoms with E-state index in [0.29, 0.717) is 23.6 Å². The Hall–Kier alpha value is -2.33.